The zero-order valence-corrected chi connectivity index (χ0v) is 12.2. The van der Waals surface area contributed by atoms with Gasteiger partial charge in [0.25, 0.3) is 0 Å². The van der Waals surface area contributed by atoms with E-state index < -0.39 is 23.5 Å². The van der Waals surface area contributed by atoms with Gasteiger partial charge in [-0.3, -0.25) is 4.98 Å². The molecule has 2 nitrogen and oxygen atoms in total. The molecule has 0 amide bonds. The molecule has 0 bridgehead atoms. The van der Waals surface area contributed by atoms with Crippen molar-refractivity contribution in [2.75, 3.05) is 6.54 Å². The summed E-state index contributed by atoms with van der Waals surface area (Å²) in [4.78, 5) is 4.34. The Hall–Kier alpha value is -1.88. The van der Waals surface area contributed by atoms with E-state index >= 15 is 0 Å². The molecule has 0 saturated carbocycles. The zero-order chi connectivity index (χ0) is 15.6. The molecular formula is C16H17F3N2. The molecule has 0 radical (unpaired) electrons. The summed E-state index contributed by atoms with van der Waals surface area (Å²) in [6, 6.07) is 5.27. The number of hydrogen-bond acceptors (Lipinski definition) is 2. The quantitative estimate of drug-likeness (QED) is 0.867. The lowest BCUT2D eigenvalue weighted by molar-refractivity contribution is 0.433. The van der Waals surface area contributed by atoms with Gasteiger partial charge in [-0.1, -0.05) is 19.1 Å². The standard InChI is InChI=1S/C16H17F3N2/c1-4-20-16(11-6-5-9(2)21-10(11)3)12-7-8-13(17)15(19)14(12)18/h5-8,16,20H,4H2,1-3H3. The van der Waals surface area contributed by atoms with Crippen LogP contribution in [0.3, 0.4) is 0 Å². The summed E-state index contributed by atoms with van der Waals surface area (Å²) in [5.41, 5.74) is 2.39. The van der Waals surface area contributed by atoms with Gasteiger partial charge in [-0.25, -0.2) is 13.2 Å². The van der Waals surface area contributed by atoms with Gasteiger partial charge in [0, 0.05) is 17.0 Å². The third-order valence-corrected chi connectivity index (χ3v) is 3.36. The highest BCUT2D eigenvalue weighted by molar-refractivity contribution is 5.36. The Morgan fingerprint density at radius 2 is 1.67 bits per heavy atom. The Labute approximate surface area is 122 Å². The van der Waals surface area contributed by atoms with Crippen LogP contribution in [0.4, 0.5) is 13.2 Å². The summed E-state index contributed by atoms with van der Waals surface area (Å²) in [6.07, 6.45) is 0. The molecule has 1 aromatic heterocycles. The first-order valence-corrected chi connectivity index (χ1v) is 6.76. The van der Waals surface area contributed by atoms with Crippen LogP contribution in [0.2, 0.25) is 0 Å². The average molecular weight is 294 g/mol. The van der Waals surface area contributed by atoms with E-state index in [0.29, 0.717) is 6.54 Å². The fraction of sp³-hybridized carbons (Fsp3) is 0.312. The van der Waals surface area contributed by atoms with Crippen molar-refractivity contribution in [2.45, 2.75) is 26.8 Å². The van der Waals surface area contributed by atoms with Crippen LogP contribution >= 0.6 is 0 Å². The number of nitrogens with one attached hydrogen (secondary N) is 1. The Morgan fingerprint density at radius 3 is 2.29 bits per heavy atom. The zero-order valence-electron chi connectivity index (χ0n) is 12.2. The fourth-order valence-electron chi connectivity index (χ4n) is 2.36. The molecule has 1 atom stereocenters. The largest absolute Gasteiger partial charge is 0.306 e. The Kier molecular flexibility index (Phi) is 4.63. The first-order chi connectivity index (χ1) is 9.95. The Bertz CT molecular complexity index is 656. The number of aryl methyl sites for hydroxylation is 2. The highest BCUT2D eigenvalue weighted by atomic mass is 19.2. The van der Waals surface area contributed by atoms with Crippen molar-refractivity contribution in [1.82, 2.24) is 10.3 Å². The van der Waals surface area contributed by atoms with Crippen LogP contribution in [-0.2, 0) is 0 Å². The molecule has 5 heteroatoms. The normalized spacial score (nSPS) is 12.5. The maximum Gasteiger partial charge on any atom is 0.194 e. The number of hydrogen-bond donors (Lipinski definition) is 1. The number of pyridine rings is 1. The van der Waals surface area contributed by atoms with Crippen molar-refractivity contribution in [3.05, 3.63) is 64.2 Å². The van der Waals surface area contributed by atoms with Gasteiger partial charge >= 0.3 is 0 Å². The van der Waals surface area contributed by atoms with Gasteiger partial charge in [0.2, 0.25) is 0 Å². The van der Waals surface area contributed by atoms with Crippen molar-refractivity contribution in [1.29, 1.82) is 0 Å². The monoisotopic (exact) mass is 294 g/mol. The molecule has 0 spiro atoms. The van der Waals surface area contributed by atoms with Crippen molar-refractivity contribution < 1.29 is 13.2 Å². The Morgan fingerprint density at radius 1 is 1.00 bits per heavy atom. The van der Waals surface area contributed by atoms with Gasteiger partial charge < -0.3 is 5.32 Å². The van der Waals surface area contributed by atoms with Crippen LogP contribution < -0.4 is 5.32 Å². The van der Waals surface area contributed by atoms with Crippen molar-refractivity contribution in [2.24, 2.45) is 0 Å². The SMILES string of the molecule is CCNC(c1ccc(C)nc1C)c1ccc(F)c(F)c1F. The van der Waals surface area contributed by atoms with Gasteiger partial charge in [-0.15, -0.1) is 0 Å². The van der Waals surface area contributed by atoms with Crippen molar-refractivity contribution in [3.63, 3.8) is 0 Å². The molecule has 1 heterocycles. The third-order valence-electron chi connectivity index (χ3n) is 3.36. The van der Waals surface area contributed by atoms with Gasteiger partial charge in [0.1, 0.15) is 0 Å². The lowest BCUT2D eigenvalue weighted by Crippen LogP contribution is -2.24. The summed E-state index contributed by atoms with van der Waals surface area (Å²) in [5, 5.41) is 3.09. The molecule has 0 fully saturated rings. The van der Waals surface area contributed by atoms with Crippen LogP contribution in [0.1, 0.15) is 35.5 Å². The maximum atomic E-state index is 14.1. The summed E-state index contributed by atoms with van der Waals surface area (Å²) in [7, 11) is 0. The molecule has 0 aliphatic rings. The van der Waals surface area contributed by atoms with E-state index in [4.69, 9.17) is 0 Å². The van der Waals surface area contributed by atoms with Gasteiger partial charge in [-0.2, -0.15) is 0 Å². The fourth-order valence-corrected chi connectivity index (χ4v) is 2.36. The number of rotatable bonds is 4. The topological polar surface area (TPSA) is 24.9 Å². The minimum Gasteiger partial charge on any atom is -0.306 e. The van der Waals surface area contributed by atoms with E-state index in [2.05, 4.69) is 10.3 Å². The van der Waals surface area contributed by atoms with Gasteiger partial charge in [-0.05, 0) is 38.1 Å². The molecule has 1 aromatic carbocycles. The smallest absolute Gasteiger partial charge is 0.194 e. The molecule has 0 saturated heterocycles. The molecule has 1 unspecified atom stereocenters. The molecular weight excluding hydrogens is 277 g/mol. The summed E-state index contributed by atoms with van der Waals surface area (Å²) < 4.78 is 40.6. The summed E-state index contributed by atoms with van der Waals surface area (Å²) in [6.45, 7) is 6.08. The predicted molar refractivity (Wildman–Crippen MR) is 75.5 cm³/mol. The molecule has 112 valence electrons. The first kappa shape index (κ1) is 15.5. The Balaban J connectivity index is 2.56. The third kappa shape index (κ3) is 3.08. The van der Waals surface area contributed by atoms with Crippen LogP contribution in [-0.4, -0.2) is 11.5 Å². The van der Waals surface area contributed by atoms with Crippen LogP contribution in [0.25, 0.3) is 0 Å². The average Bonchev–Trinajstić information content (AvgIpc) is 2.44. The summed E-state index contributed by atoms with van der Waals surface area (Å²) in [5.74, 6) is -3.81. The second-order valence-corrected chi connectivity index (χ2v) is 4.88. The lowest BCUT2D eigenvalue weighted by atomic mass is 9.96. The highest BCUT2D eigenvalue weighted by Gasteiger charge is 2.23. The molecule has 2 aromatic rings. The van der Waals surface area contributed by atoms with E-state index in [9.17, 15) is 13.2 Å². The molecule has 0 aliphatic heterocycles. The second-order valence-electron chi connectivity index (χ2n) is 4.88. The van der Waals surface area contributed by atoms with E-state index in [-0.39, 0.29) is 5.56 Å². The van der Waals surface area contributed by atoms with E-state index in [0.717, 1.165) is 23.0 Å². The molecule has 1 N–H and O–H groups in total. The maximum absolute atomic E-state index is 14.1. The minimum atomic E-state index is -1.45. The summed E-state index contributed by atoms with van der Waals surface area (Å²) >= 11 is 0. The highest BCUT2D eigenvalue weighted by Crippen LogP contribution is 2.28. The van der Waals surface area contributed by atoms with Crippen LogP contribution in [0, 0.1) is 31.3 Å². The number of benzene rings is 1. The van der Waals surface area contributed by atoms with Crippen LogP contribution in [0.15, 0.2) is 24.3 Å². The van der Waals surface area contributed by atoms with Gasteiger partial charge in [0.15, 0.2) is 17.5 Å². The predicted octanol–water partition coefficient (Wildman–Crippen LogP) is 3.81. The number of nitrogens with zero attached hydrogens (tertiary/aromatic N) is 1. The molecule has 0 aliphatic carbocycles. The number of aromatic nitrogens is 1. The molecule has 21 heavy (non-hydrogen) atoms. The molecule has 2 rings (SSSR count). The first-order valence-electron chi connectivity index (χ1n) is 6.76. The van der Waals surface area contributed by atoms with E-state index in [1.54, 1.807) is 0 Å². The van der Waals surface area contributed by atoms with Crippen LogP contribution in [0.5, 0.6) is 0 Å². The van der Waals surface area contributed by atoms with E-state index in [1.807, 2.05) is 32.9 Å². The lowest BCUT2D eigenvalue weighted by Gasteiger charge is -2.21. The minimum absolute atomic E-state index is 0.0736. The van der Waals surface area contributed by atoms with Crippen molar-refractivity contribution >= 4 is 0 Å². The van der Waals surface area contributed by atoms with Crippen molar-refractivity contribution in [3.8, 4) is 0 Å². The van der Waals surface area contributed by atoms with E-state index in [1.165, 1.54) is 6.07 Å². The number of halogens is 3. The second kappa shape index (κ2) is 6.26. The van der Waals surface area contributed by atoms with Gasteiger partial charge in [0.05, 0.1) is 6.04 Å².